The monoisotopic (exact) mass is 362 g/mol. The summed E-state index contributed by atoms with van der Waals surface area (Å²) in [5, 5.41) is 9.05. The van der Waals surface area contributed by atoms with Crippen LogP contribution in [0.1, 0.15) is 18.9 Å². The van der Waals surface area contributed by atoms with Crippen molar-refractivity contribution in [3.63, 3.8) is 0 Å². The summed E-state index contributed by atoms with van der Waals surface area (Å²) in [7, 11) is 0. The molecular formula is C18H22N2O6. The quantitative estimate of drug-likeness (QED) is 0.862. The molecule has 2 fully saturated rings. The van der Waals surface area contributed by atoms with E-state index in [4.69, 9.17) is 14.6 Å². The fourth-order valence-corrected chi connectivity index (χ4v) is 3.43. The lowest BCUT2D eigenvalue weighted by Gasteiger charge is -2.49. The molecule has 2 amide bonds. The van der Waals surface area contributed by atoms with Gasteiger partial charge < -0.3 is 19.5 Å². The number of amides is 2. The first kappa shape index (κ1) is 18.2. The average molecular weight is 362 g/mol. The molecule has 0 aromatic heterocycles. The van der Waals surface area contributed by atoms with Crippen molar-refractivity contribution in [3.8, 4) is 0 Å². The number of aliphatic carboxylic acids is 1. The number of hydrogen-bond donors (Lipinski definition) is 1. The second-order valence-electron chi connectivity index (χ2n) is 6.56. The van der Waals surface area contributed by atoms with Crippen molar-refractivity contribution in [2.75, 3.05) is 19.8 Å². The molecule has 0 spiro atoms. The number of carbonyl (C=O) groups is 3. The lowest BCUT2D eigenvalue weighted by molar-refractivity contribution is -0.163. The molecule has 2 saturated heterocycles. The number of benzene rings is 1. The lowest BCUT2D eigenvalue weighted by atomic mass is 10.0. The van der Waals surface area contributed by atoms with Gasteiger partial charge in [-0.1, -0.05) is 30.3 Å². The van der Waals surface area contributed by atoms with E-state index in [-0.39, 0.29) is 44.7 Å². The fraction of sp³-hybridized carbons (Fsp3) is 0.500. The Morgan fingerprint density at radius 2 is 2.00 bits per heavy atom. The lowest BCUT2D eigenvalue weighted by Crippen LogP contribution is -2.68. The molecule has 1 aromatic rings. The average Bonchev–Trinajstić information content (AvgIpc) is 2.63. The first-order chi connectivity index (χ1) is 12.5. The zero-order valence-electron chi connectivity index (χ0n) is 14.5. The minimum Gasteiger partial charge on any atom is -0.481 e. The summed E-state index contributed by atoms with van der Waals surface area (Å²) >= 11 is 0. The summed E-state index contributed by atoms with van der Waals surface area (Å²) < 4.78 is 10.8. The van der Waals surface area contributed by atoms with Crippen molar-refractivity contribution in [2.45, 2.75) is 38.1 Å². The third-order valence-corrected chi connectivity index (χ3v) is 4.74. The van der Waals surface area contributed by atoms with Gasteiger partial charge in [-0.25, -0.2) is 4.79 Å². The molecule has 0 saturated carbocycles. The second-order valence-corrected chi connectivity index (χ2v) is 6.56. The molecule has 2 heterocycles. The topological polar surface area (TPSA) is 96.4 Å². The second kappa shape index (κ2) is 7.74. The largest absolute Gasteiger partial charge is 0.481 e. The molecule has 0 aliphatic carbocycles. The van der Waals surface area contributed by atoms with Crippen LogP contribution in [-0.2, 0) is 25.7 Å². The van der Waals surface area contributed by atoms with Gasteiger partial charge in [-0.05, 0) is 12.5 Å². The predicted molar refractivity (Wildman–Crippen MR) is 90.3 cm³/mol. The van der Waals surface area contributed by atoms with E-state index in [0.29, 0.717) is 0 Å². The van der Waals surface area contributed by atoms with E-state index in [1.54, 1.807) is 11.8 Å². The van der Waals surface area contributed by atoms with E-state index in [9.17, 15) is 14.4 Å². The fourth-order valence-electron chi connectivity index (χ4n) is 3.43. The Balaban J connectivity index is 1.66. The van der Waals surface area contributed by atoms with Gasteiger partial charge in [-0.2, -0.15) is 0 Å². The van der Waals surface area contributed by atoms with E-state index in [2.05, 4.69) is 0 Å². The maximum atomic E-state index is 12.8. The summed E-state index contributed by atoms with van der Waals surface area (Å²) in [6, 6.07) is 7.72. The van der Waals surface area contributed by atoms with Crippen LogP contribution in [0.25, 0.3) is 0 Å². The maximum Gasteiger partial charge on any atom is 0.410 e. The molecular weight excluding hydrogens is 340 g/mol. The van der Waals surface area contributed by atoms with Gasteiger partial charge in [0.1, 0.15) is 12.6 Å². The summed E-state index contributed by atoms with van der Waals surface area (Å²) in [6.45, 7) is 2.49. The van der Waals surface area contributed by atoms with Gasteiger partial charge in [0.2, 0.25) is 5.91 Å². The summed E-state index contributed by atoms with van der Waals surface area (Å²) in [5.41, 5.74) is 0.862. The van der Waals surface area contributed by atoms with Crippen LogP contribution < -0.4 is 0 Å². The number of piperazine rings is 1. The molecule has 3 rings (SSSR count). The molecule has 2 aliphatic heterocycles. The third kappa shape index (κ3) is 3.80. The molecule has 0 bridgehead atoms. The van der Waals surface area contributed by atoms with Gasteiger partial charge in [0.15, 0.2) is 0 Å². The maximum absolute atomic E-state index is 12.8. The minimum atomic E-state index is -0.982. The van der Waals surface area contributed by atoms with Gasteiger partial charge in [-0.3, -0.25) is 14.5 Å². The minimum absolute atomic E-state index is 0.129. The molecule has 8 heteroatoms. The van der Waals surface area contributed by atoms with Crippen LogP contribution in [-0.4, -0.2) is 70.8 Å². The van der Waals surface area contributed by atoms with Crippen LogP contribution >= 0.6 is 0 Å². The standard InChI is InChI=1S/C18H22N2O6/c1-12-17(23)20-14(7-16(21)22)10-25-11-15(20)8-19(12)18(24)26-9-13-5-3-2-4-6-13/h2-6,12,14-15H,7-11H2,1H3,(H,21,22)/t12-,14-,15+/m0/s1. The van der Waals surface area contributed by atoms with Gasteiger partial charge in [0, 0.05) is 6.54 Å². The van der Waals surface area contributed by atoms with E-state index in [1.165, 1.54) is 4.90 Å². The highest BCUT2D eigenvalue weighted by Gasteiger charge is 2.46. The normalized spacial score (nSPS) is 25.6. The van der Waals surface area contributed by atoms with Crippen LogP contribution in [0.2, 0.25) is 0 Å². The summed E-state index contributed by atoms with van der Waals surface area (Å²) in [5.74, 6) is -1.25. The van der Waals surface area contributed by atoms with Crippen LogP contribution in [0, 0.1) is 0 Å². The van der Waals surface area contributed by atoms with Crippen molar-refractivity contribution < 1.29 is 29.0 Å². The Morgan fingerprint density at radius 1 is 1.27 bits per heavy atom. The molecule has 26 heavy (non-hydrogen) atoms. The number of morpholine rings is 1. The number of carboxylic acids is 1. The Kier molecular flexibility index (Phi) is 5.41. The number of carboxylic acid groups (broad SMARTS) is 1. The molecule has 3 atom stereocenters. The van der Waals surface area contributed by atoms with Gasteiger partial charge >= 0.3 is 12.1 Å². The Morgan fingerprint density at radius 3 is 2.69 bits per heavy atom. The van der Waals surface area contributed by atoms with Crippen LogP contribution in [0.4, 0.5) is 4.79 Å². The van der Waals surface area contributed by atoms with Crippen molar-refractivity contribution in [3.05, 3.63) is 35.9 Å². The van der Waals surface area contributed by atoms with Crippen molar-refractivity contribution in [1.82, 2.24) is 9.80 Å². The zero-order valence-corrected chi connectivity index (χ0v) is 14.5. The number of carbonyl (C=O) groups excluding carboxylic acids is 2. The van der Waals surface area contributed by atoms with Gasteiger partial charge in [-0.15, -0.1) is 0 Å². The molecule has 0 unspecified atom stereocenters. The van der Waals surface area contributed by atoms with E-state index in [0.717, 1.165) is 5.56 Å². The summed E-state index contributed by atoms with van der Waals surface area (Å²) in [4.78, 5) is 39.2. The predicted octanol–water partition coefficient (Wildman–Crippen LogP) is 1.10. The third-order valence-electron chi connectivity index (χ3n) is 4.74. The van der Waals surface area contributed by atoms with Crippen LogP contribution in [0.5, 0.6) is 0 Å². The smallest absolute Gasteiger partial charge is 0.410 e. The Hall–Kier alpha value is -2.61. The van der Waals surface area contributed by atoms with E-state index < -0.39 is 24.1 Å². The molecule has 1 N–H and O–H groups in total. The number of hydrogen-bond acceptors (Lipinski definition) is 5. The van der Waals surface area contributed by atoms with Crippen molar-refractivity contribution in [1.29, 1.82) is 0 Å². The highest BCUT2D eigenvalue weighted by molar-refractivity contribution is 5.87. The van der Waals surface area contributed by atoms with E-state index >= 15 is 0 Å². The number of fused-ring (bicyclic) bond motifs is 1. The number of ether oxygens (including phenoxy) is 2. The summed E-state index contributed by atoms with van der Waals surface area (Å²) in [6.07, 6.45) is -0.734. The van der Waals surface area contributed by atoms with Gasteiger partial charge in [0.05, 0.1) is 31.7 Å². The number of nitrogens with zero attached hydrogens (tertiary/aromatic N) is 2. The molecule has 0 radical (unpaired) electrons. The highest BCUT2D eigenvalue weighted by Crippen LogP contribution is 2.25. The first-order valence-electron chi connectivity index (χ1n) is 8.56. The van der Waals surface area contributed by atoms with Crippen LogP contribution in [0.15, 0.2) is 30.3 Å². The SMILES string of the molecule is C[C@H]1C(=O)N2[C@@H](CC(=O)O)COC[C@H]2CN1C(=O)OCc1ccccc1. The van der Waals surface area contributed by atoms with Crippen molar-refractivity contribution in [2.24, 2.45) is 0 Å². The molecule has 2 aliphatic rings. The van der Waals surface area contributed by atoms with Gasteiger partial charge in [0.25, 0.3) is 0 Å². The zero-order chi connectivity index (χ0) is 18.7. The first-order valence-corrected chi connectivity index (χ1v) is 8.56. The van der Waals surface area contributed by atoms with Crippen molar-refractivity contribution >= 4 is 18.0 Å². The highest BCUT2D eigenvalue weighted by atomic mass is 16.6. The molecule has 8 nitrogen and oxygen atoms in total. The Bertz CT molecular complexity index is 680. The molecule has 140 valence electrons. The van der Waals surface area contributed by atoms with E-state index in [1.807, 2.05) is 30.3 Å². The number of rotatable bonds is 4. The molecule has 1 aromatic carbocycles. The van der Waals surface area contributed by atoms with Crippen LogP contribution in [0.3, 0.4) is 0 Å². The Labute approximate surface area is 151 Å².